The fraction of sp³-hybridized carbons (Fsp3) is 0.423. The normalized spacial score (nSPS) is 11.6. The molecule has 3 nitrogen and oxygen atoms in total. The van der Waals surface area contributed by atoms with Crippen LogP contribution in [0.3, 0.4) is 0 Å². The molecule has 2 aromatic rings. The molecule has 0 saturated heterocycles. The first-order valence-corrected chi connectivity index (χ1v) is 10.8. The molecule has 0 atom stereocenters. The van der Waals surface area contributed by atoms with E-state index in [4.69, 9.17) is 0 Å². The Labute approximate surface area is 176 Å². The van der Waals surface area contributed by atoms with E-state index in [0.29, 0.717) is 12.5 Å². The van der Waals surface area contributed by atoms with Gasteiger partial charge in [0.1, 0.15) is 0 Å². The molecule has 0 aromatic heterocycles. The first-order valence-electron chi connectivity index (χ1n) is 10.8. The molecule has 0 unspecified atom stereocenters. The second-order valence-corrected chi connectivity index (χ2v) is 8.24. The van der Waals surface area contributed by atoms with E-state index in [-0.39, 0.29) is 6.03 Å². The third-order valence-corrected chi connectivity index (χ3v) is 4.84. The Balaban J connectivity index is 2.16. The number of aryl methyl sites for hydroxylation is 1. The lowest BCUT2D eigenvalue weighted by molar-refractivity contribution is 0.209. The molecule has 0 bridgehead atoms. The second-order valence-electron chi connectivity index (χ2n) is 8.24. The van der Waals surface area contributed by atoms with Crippen molar-refractivity contribution < 1.29 is 4.79 Å². The number of benzene rings is 2. The molecule has 2 amide bonds. The van der Waals surface area contributed by atoms with Gasteiger partial charge < -0.3 is 10.2 Å². The van der Waals surface area contributed by atoms with Crippen molar-refractivity contribution in [1.82, 2.24) is 4.90 Å². The number of nitrogens with one attached hydrogen (secondary N) is 1. The largest absolute Gasteiger partial charge is 0.322 e. The number of rotatable bonds is 10. The highest BCUT2D eigenvalue weighted by atomic mass is 16.2. The topological polar surface area (TPSA) is 32.3 Å². The van der Waals surface area contributed by atoms with Crippen LogP contribution in [0.1, 0.15) is 57.6 Å². The van der Waals surface area contributed by atoms with E-state index in [1.54, 1.807) is 0 Å². The van der Waals surface area contributed by atoms with Gasteiger partial charge in [-0.15, -0.1) is 0 Å². The first-order chi connectivity index (χ1) is 14.0. The lowest BCUT2D eigenvalue weighted by atomic mass is 10.0. The minimum absolute atomic E-state index is 0.0305. The SMILES string of the molecule is CCCCCC(=Cc1ccccc1)CN(CC(C)C)C(=O)Nc1ccc(C)cc1. The van der Waals surface area contributed by atoms with Crippen LogP contribution in [0.25, 0.3) is 6.08 Å². The van der Waals surface area contributed by atoms with Crippen LogP contribution in [0.2, 0.25) is 0 Å². The summed E-state index contributed by atoms with van der Waals surface area (Å²) in [4.78, 5) is 15.0. The number of urea groups is 1. The van der Waals surface area contributed by atoms with Gasteiger partial charge in [0.2, 0.25) is 0 Å². The van der Waals surface area contributed by atoms with E-state index in [2.05, 4.69) is 56.4 Å². The van der Waals surface area contributed by atoms with Gasteiger partial charge >= 0.3 is 6.03 Å². The Kier molecular flexibility index (Phi) is 9.49. The predicted octanol–water partition coefficient (Wildman–Crippen LogP) is 7.15. The third-order valence-electron chi connectivity index (χ3n) is 4.84. The molecular weight excluding hydrogens is 356 g/mol. The van der Waals surface area contributed by atoms with Crippen LogP contribution in [0.4, 0.5) is 10.5 Å². The lowest BCUT2D eigenvalue weighted by Gasteiger charge is -2.26. The first kappa shape index (κ1) is 22.7. The van der Waals surface area contributed by atoms with Gasteiger partial charge in [0.05, 0.1) is 0 Å². The summed E-state index contributed by atoms with van der Waals surface area (Å²) in [6, 6.07) is 18.3. The van der Waals surface area contributed by atoms with Gasteiger partial charge in [-0.25, -0.2) is 4.79 Å². The van der Waals surface area contributed by atoms with Crippen molar-refractivity contribution >= 4 is 17.8 Å². The van der Waals surface area contributed by atoms with Crippen LogP contribution in [-0.2, 0) is 0 Å². The highest BCUT2D eigenvalue weighted by Gasteiger charge is 2.17. The molecule has 2 rings (SSSR count). The maximum absolute atomic E-state index is 13.0. The van der Waals surface area contributed by atoms with Crippen molar-refractivity contribution in [2.75, 3.05) is 18.4 Å². The molecule has 0 heterocycles. The molecule has 2 aromatic carbocycles. The van der Waals surface area contributed by atoms with E-state index in [1.807, 2.05) is 42.2 Å². The number of amides is 2. The van der Waals surface area contributed by atoms with Crippen LogP contribution in [0.15, 0.2) is 60.2 Å². The Bertz CT molecular complexity index is 763. The van der Waals surface area contributed by atoms with Crippen LogP contribution < -0.4 is 5.32 Å². The summed E-state index contributed by atoms with van der Waals surface area (Å²) in [5.74, 6) is 0.410. The van der Waals surface area contributed by atoms with Crippen molar-refractivity contribution in [3.63, 3.8) is 0 Å². The Hall–Kier alpha value is -2.55. The van der Waals surface area contributed by atoms with Crippen LogP contribution in [0.5, 0.6) is 0 Å². The molecular formula is C26H36N2O. The molecule has 0 saturated carbocycles. The minimum Gasteiger partial charge on any atom is -0.320 e. The van der Waals surface area contributed by atoms with Gasteiger partial charge in [0.25, 0.3) is 0 Å². The fourth-order valence-corrected chi connectivity index (χ4v) is 3.33. The van der Waals surface area contributed by atoms with Crippen LogP contribution >= 0.6 is 0 Å². The molecule has 1 N–H and O–H groups in total. The van der Waals surface area contributed by atoms with Gasteiger partial charge in [0.15, 0.2) is 0 Å². The smallest absolute Gasteiger partial charge is 0.320 e. The van der Waals surface area contributed by atoms with Crippen molar-refractivity contribution in [1.29, 1.82) is 0 Å². The van der Waals surface area contributed by atoms with Gasteiger partial charge in [-0.2, -0.15) is 0 Å². The standard InChI is InChI=1S/C26H36N2O/c1-5-6-8-13-24(18-23-11-9-7-10-12-23)20-28(19-21(2)3)26(29)27-25-16-14-22(4)15-17-25/h7,9-12,14-18,21H,5-6,8,13,19-20H2,1-4H3,(H,27,29). The van der Waals surface area contributed by atoms with Crippen molar-refractivity contribution in [3.05, 3.63) is 71.3 Å². The van der Waals surface area contributed by atoms with Crippen LogP contribution in [-0.4, -0.2) is 24.0 Å². The van der Waals surface area contributed by atoms with Gasteiger partial charge in [-0.3, -0.25) is 0 Å². The molecule has 0 spiro atoms. The zero-order valence-corrected chi connectivity index (χ0v) is 18.4. The number of hydrogen-bond donors (Lipinski definition) is 1. The van der Waals surface area contributed by atoms with Gasteiger partial charge in [-0.1, -0.05) is 93.3 Å². The van der Waals surface area contributed by atoms with Crippen molar-refractivity contribution in [2.24, 2.45) is 5.92 Å². The third kappa shape index (κ3) is 8.55. The molecule has 0 aliphatic heterocycles. The molecule has 0 aliphatic rings. The molecule has 156 valence electrons. The zero-order chi connectivity index (χ0) is 21.1. The Morgan fingerprint density at radius 1 is 1.03 bits per heavy atom. The van der Waals surface area contributed by atoms with Crippen molar-refractivity contribution in [2.45, 2.75) is 53.4 Å². The number of carbonyl (C=O) groups is 1. The van der Waals surface area contributed by atoms with Crippen LogP contribution in [0, 0.1) is 12.8 Å². The van der Waals surface area contributed by atoms with E-state index in [0.717, 1.165) is 25.1 Å². The number of carbonyl (C=O) groups excluding carboxylic acids is 1. The molecule has 29 heavy (non-hydrogen) atoms. The van der Waals surface area contributed by atoms with Crippen molar-refractivity contribution in [3.8, 4) is 0 Å². The zero-order valence-electron chi connectivity index (χ0n) is 18.4. The molecule has 0 radical (unpaired) electrons. The summed E-state index contributed by atoms with van der Waals surface area (Å²) in [5, 5.41) is 3.07. The Morgan fingerprint density at radius 2 is 1.72 bits per heavy atom. The lowest BCUT2D eigenvalue weighted by Crippen LogP contribution is -2.39. The quantitative estimate of drug-likeness (QED) is 0.428. The summed E-state index contributed by atoms with van der Waals surface area (Å²) >= 11 is 0. The number of nitrogens with zero attached hydrogens (tertiary/aromatic N) is 1. The second kappa shape index (κ2) is 12.1. The van der Waals surface area contributed by atoms with E-state index >= 15 is 0 Å². The number of anilines is 1. The monoisotopic (exact) mass is 392 g/mol. The number of unbranched alkanes of at least 4 members (excludes halogenated alkanes) is 2. The highest BCUT2D eigenvalue weighted by molar-refractivity contribution is 5.89. The molecule has 3 heteroatoms. The summed E-state index contributed by atoms with van der Waals surface area (Å²) in [6.07, 6.45) is 6.84. The molecule has 0 fully saturated rings. The van der Waals surface area contributed by atoms with E-state index < -0.39 is 0 Å². The average molecular weight is 393 g/mol. The highest BCUT2D eigenvalue weighted by Crippen LogP contribution is 2.18. The fourth-order valence-electron chi connectivity index (χ4n) is 3.33. The predicted molar refractivity (Wildman–Crippen MR) is 125 cm³/mol. The minimum atomic E-state index is -0.0305. The maximum Gasteiger partial charge on any atom is 0.322 e. The molecule has 0 aliphatic carbocycles. The van der Waals surface area contributed by atoms with Gasteiger partial charge in [0, 0.05) is 18.8 Å². The Morgan fingerprint density at radius 3 is 2.34 bits per heavy atom. The van der Waals surface area contributed by atoms with Gasteiger partial charge in [-0.05, 0) is 43.4 Å². The maximum atomic E-state index is 13.0. The van der Waals surface area contributed by atoms with E-state index in [9.17, 15) is 4.79 Å². The summed E-state index contributed by atoms with van der Waals surface area (Å²) in [6.45, 7) is 9.98. The number of hydrogen-bond acceptors (Lipinski definition) is 1. The summed E-state index contributed by atoms with van der Waals surface area (Å²) < 4.78 is 0. The summed E-state index contributed by atoms with van der Waals surface area (Å²) in [7, 11) is 0. The summed E-state index contributed by atoms with van der Waals surface area (Å²) in [5.41, 5.74) is 4.53. The van der Waals surface area contributed by atoms with E-state index in [1.165, 1.54) is 29.5 Å². The average Bonchev–Trinajstić information content (AvgIpc) is 2.69.